The molecule has 1 aliphatic rings. The standard InChI is InChI=1S/C12H19N3O2S/c1-9(14-18(16)12(2,3)4)10-8-13-15-6-5-7-17-11(10)15/h8,14H,1,5-7H2,2-4H3. The van der Waals surface area contributed by atoms with Gasteiger partial charge in [-0.1, -0.05) is 6.58 Å². The maximum Gasteiger partial charge on any atom is 0.221 e. The van der Waals surface area contributed by atoms with Gasteiger partial charge in [-0.05, 0) is 20.8 Å². The lowest BCUT2D eigenvalue weighted by Crippen LogP contribution is -2.32. The molecule has 0 bridgehead atoms. The van der Waals surface area contributed by atoms with Crippen molar-refractivity contribution >= 4 is 16.7 Å². The minimum Gasteiger partial charge on any atom is -0.477 e. The highest BCUT2D eigenvalue weighted by atomic mass is 32.2. The molecule has 2 rings (SSSR count). The number of fused-ring (bicyclic) bond motifs is 1. The summed E-state index contributed by atoms with van der Waals surface area (Å²) in [6.07, 6.45) is 2.66. The smallest absolute Gasteiger partial charge is 0.221 e. The average molecular weight is 269 g/mol. The third-order valence-electron chi connectivity index (χ3n) is 2.64. The Hall–Kier alpha value is -1.30. The molecule has 0 amide bonds. The molecule has 1 N–H and O–H groups in total. The second-order valence-corrected chi connectivity index (χ2v) is 7.22. The minimum absolute atomic E-state index is 0.336. The van der Waals surface area contributed by atoms with E-state index < -0.39 is 11.0 Å². The summed E-state index contributed by atoms with van der Waals surface area (Å²) in [5, 5.41) is 4.24. The number of ether oxygens (including phenoxy) is 1. The van der Waals surface area contributed by atoms with Gasteiger partial charge in [-0.3, -0.25) is 0 Å². The van der Waals surface area contributed by atoms with E-state index in [9.17, 15) is 4.21 Å². The minimum atomic E-state index is -1.19. The van der Waals surface area contributed by atoms with E-state index in [1.807, 2.05) is 25.5 Å². The van der Waals surface area contributed by atoms with Crippen LogP contribution < -0.4 is 9.46 Å². The monoisotopic (exact) mass is 269 g/mol. The van der Waals surface area contributed by atoms with Crippen LogP contribution in [0.3, 0.4) is 0 Å². The topological polar surface area (TPSA) is 56.2 Å². The molecular weight excluding hydrogens is 250 g/mol. The molecule has 2 heterocycles. The first-order valence-corrected chi connectivity index (χ1v) is 7.11. The van der Waals surface area contributed by atoms with Crippen LogP contribution in [0.2, 0.25) is 0 Å². The Morgan fingerprint density at radius 2 is 2.33 bits per heavy atom. The Balaban J connectivity index is 2.15. The van der Waals surface area contributed by atoms with Crippen LogP contribution in [-0.4, -0.2) is 25.3 Å². The quantitative estimate of drug-likeness (QED) is 0.908. The van der Waals surface area contributed by atoms with E-state index in [0.29, 0.717) is 18.2 Å². The van der Waals surface area contributed by atoms with Crippen molar-refractivity contribution < 1.29 is 8.95 Å². The largest absolute Gasteiger partial charge is 0.477 e. The van der Waals surface area contributed by atoms with Gasteiger partial charge in [0.1, 0.15) is 11.0 Å². The van der Waals surface area contributed by atoms with Crippen molar-refractivity contribution in [1.82, 2.24) is 14.5 Å². The fraction of sp³-hybridized carbons (Fsp3) is 0.583. The highest BCUT2D eigenvalue weighted by molar-refractivity contribution is 7.84. The van der Waals surface area contributed by atoms with E-state index in [2.05, 4.69) is 16.4 Å². The Kier molecular flexibility index (Phi) is 3.47. The Morgan fingerprint density at radius 3 is 3.00 bits per heavy atom. The molecule has 1 atom stereocenters. The van der Waals surface area contributed by atoms with Crippen LogP contribution in [0.1, 0.15) is 32.8 Å². The predicted molar refractivity (Wildman–Crippen MR) is 72.4 cm³/mol. The van der Waals surface area contributed by atoms with Gasteiger partial charge >= 0.3 is 0 Å². The van der Waals surface area contributed by atoms with Gasteiger partial charge in [-0.25, -0.2) is 8.89 Å². The van der Waals surface area contributed by atoms with Crippen molar-refractivity contribution in [2.75, 3.05) is 6.61 Å². The van der Waals surface area contributed by atoms with Crippen LogP contribution in [0.25, 0.3) is 5.70 Å². The van der Waals surface area contributed by atoms with Crippen molar-refractivity contribution in [1.29, 1.82) is 0 Å². The number of aromatic nitrogens is 2. The SMILES string of the molecule is C=C(NS(=O)C(C)(C)C)c1cnn2c1OCCC2. The molecule has 0 fully saturated rings. The molecule has 5 nitrogen and oxygen atoms in total. The number of hydrogen-bond acceptors (Lipinski definition) is 3. The molecule has 1 aliphatic heterocycles. The third-order valence-corrected chi connectivity index (χ3v) is 4.19. The van der Waals surface area contributed by atoms with Crippen molar-refractivity contribution in [3.63, 3.8) is 0 Å². The van der Waals surface area contributed by atoms with Gasteiger partial charge in [0.15, 0.2) is 0 Å². The van der Waals surface area contributed by atoms with Crippen molar-refractivity contribution in [2.24, 2.45) is 0 Å². The summed E-state index contributed by atoms with van der Waals surface area (Å²) in [7, 11) is -1.19. The molecular formula is C12H19N3O2S. The number of nitrogens with one attached hydrogen (secondary N) is 1. The van der Waals surface area contributed by atoms with Crippen LogP contribution in [0.5, 0.6) is 5.88 Å². The normalized spacial score (nSPS) is 16.6. The van der Waals surface area contributed by atoms with Crippen molar-refractivity contribution in [3.8, 4) is 5.88 Å². The fourth-order valence-corrected chi connectivity index (χ4v) is 2.24. The molecule has 1 aromatic heterocycles. The Bertz CT molecular complexity index is 488. The lowest BCUT2D eigenvalue weighted by molar-refractivity contribution is 0.230. The maximum atomic E-state index is 12.0. The summed E-state index contributed by atoms with van der Waals surface area (Å²) in [4.78, 5) is 0. The van der Waals surface area contributed by atoms with E-state index in [4.69, 9.17) is 4.74 Å². The Labute approximate surface area is 110 Å². The summed E-state index contributed by atoms with van der Waals surface area (Å²) in [6, 6.07) is 0. The maximum absolute atomic E-state index is 12.0. The van der Waals surface area contributed by atoms with E-state index >= 15 is 0 Å². The summed E-state index contributed by atoms with van der Waals surface area (Å²) >= 11 is 0. The van der Waals surface area contributed by atoms with Gasteiger partial charge in [-0.15, -0.1) is 0 Å². The lowest BCUT2D eigenvalue weighted by Gasteiger charge is -2.21. The fourth-order valence-electron chi connectivity index (χ4n) is 1.60. The zero-order valence-corrected chi connectivity index (χ0v) is 11.8. The second-order valence-electron chi connectivity index (χ2n) is 5.25. The highest BCUT2D eigenvalue weighted by Gasteiger charge is 2.23. The molecule has 100 valence electrons. The van der Waals surface area contributed by atoms with Crippen LogP contribution in [-0.2, 0) is 17.5 Å². The van der Waals surface area contributed by atoms with Crippen LogP contribution >= 0.6 is 0 Å². The first-order valence-electron chi connectivity index (χ1n) is 5.96. The van der Waals surface area contributed by atoms with E-state index in [1.54, 1.807) is 6.20 Å². The van der Waals surface area contributed by atoms with Crippen LogP contribution in [0, 0.1) is 0 Å². The summed E-state index contributed by atoms with van der Waals surface area (Å²) < 4.78 is 22.0. The van der Waals surface area contributed by atoms with E-state index in [-0.39, 0.29) is 4.75 Å². The summed E-state index contributed by atoms with van der Waals surface area (Å²) in [5.74, 6) is 0.713. The molecule has 0 aliphatic carbocycles. The number of aryl methyl sites for hydroxylation is 1. The van der Waals surface area contributed by atoms with Crippen molar-refractivity contribution in [2.45, 2.75) is 38.5 Å². The Morgan fingerprint density at radius 1 is 1.61 bits per heavy atom. The molecule has 0 aromatic carbocycles. The summed E-state index contributed by atoms with van der Waals surface area (Å²) in [5.41, 5.74) is 1.37. The number of rotatable bonds is 3. The third kappa shape index (κ3) is 2.58. The van der Waals surface area contributed by atoms with Gasteiger partial charge in [0, 0.05) is 13.0 Å². The van der Waals surface area contributed by atoms with Crippen LogP contribution in [0.4, 0.5) is 0 Å². The van der Waals surface area contributed by atoms with E-state index in [0.717, 1.165) is 18.5 Å². The van der Waals surface area contributed by atoms with Gasteiger partial charge in [0.05, 0.1) is 28.8 Å². The van der Waals surface area contributed by atoms with E-state index in [1.165, 1.54) is 0 Å². The average Bonchev–Trinajstić information content (AvgIpc) is 2.71. The van der Waals surface area contributed by atoms with Gasteiger partial charge in [0.2, 0.25) is 5.88 Å². The zero-order valence-electron chi connectivity index (χ0n) is 11.0. The number of nitrogens with zero attached hydrogens (tertiary/aromatic N) is 2. The zero-order chi connectivity index (χ0) is 13.3. The highest BCUT2D eigenvalue weighted by Crippen LogP contribution is 2.27. The summed E-state index contributed by atoms with van der Waals surface area (Å²) in [6.45, 7) is 11.2. The van der Waals surface area contributed by atoms with Gasteiger partial charge in [-0.2, -0.15) is 5.10 Å². The van der Waals surface area contributed by atoms with Gasteiger partial charge < -0.3 is 9.46 Å². The molecule has 0 radical (unpaired) electrons. The first kappa shape index (κ1) is 13.1. The van der Waals surface area contributed by atoms with Gasteiger partial charge in [0.25, 0.3) is 0 Å². The second kappa shape index (κ2) is 4.76. The molecule has 0 spiro atoms. The first-order chi connectivity index (χ1) is 8.39. The molecule has 0 saturated carbocycles. The molecule has 1 unspecified atom stereocenters. The van der Waals surface area contributed by atoms with Crippen molar-refractivity contribution in [3.05, 3.63) is 18.3 Å². The van der Waals surface area contributed by atoms with Crippen LogP contribution in [0.15, 0.2) is 12.8 Å². The molecule has 0 saturated heterocycles. The predicted octanol–water partition coefficient (Wildman–Crippen LogP) is 1.69. The molecule has 18 heavy (non-hydrogen) atoms. The number of hydrogen-bond donors (Lipinski definition) is 1. The molecule has 6 heteroatoms. The molecule has 1 aromatic rings. The lowest BCUT2D eigenvalue weighted by atomic mass is 10.2.